The van der Waals surface area contributed by atoms with Crippen molar-refractivity contribution in [2.24, 2.45) is 0 Å². The highest BCUT2D eigenvalue weighted by molar-refractivity contribution is 5.83. The van der Waals surface area contributed by atoms with E-state index in [0.29, 0.717) is 5.76 Å². The largest absolute Gasteiger partial charge is 0.458 e. The molecule has 0 bridgehead atoms. The fourth-order valence-corrected chi connectivity index (χ4v) is 6.29. The lowest BCUT2D eigenvalue weighted by atomic mass is 9.93. The average Bonchev–Trinajstić information content (AvgIpc) is 3.53. The Balaban J connectivity index is 1.23. The summed E-state index contributed by atoms with van der Waals surface area (Å²) < 4.78 is 18.6. The second kappa shape index (κ2) is 12.3. The second-order valence-electron chi connectivity index (χ2n) is 13.4. The molecule has 45 heavy (non-hydrogen) atoms. The Morgan fingerprint density at radius 2 is 1.76 bits per heavy atom. The Kier molecular flexibility index (Phi) is 8.42. The van der Waals surface area contributed by atoms with Crippen LogP contribution in [0.4, 0.5) is 0 Å². The normalized spacial score (nSPS) is 15.6. The second-order valence-corrected chi connectivity index (χ2v) is 13.4. The summed E-state index contributed by atoms with van der Waals surface area (Å²) in [4.78, 5) is 15.9. The molecule has 234 valence electrons. The fraction of sp³-hybridized carbons (Fsp3) is 0.368. The Hall–Kier alpha value is -4.20. The van der Waals surface area contributed by atoms with Crippen molar-refractivity contribution >= 4 is 16.9 Å². The van der Waals surface area contributed by atoms with E-state index in [-0.39, 0.29) is 30.0 Å². The van der Waals surface area contributed by atoms with E-state index in [1.165, 1.54) is 5.56 Å². The van der Waals surface area contributed by atoms with Gasteiger partial charge in [0.15, 0.2) is 0 Å². The molecule has 5 aromatic rings. The molecule has 2 atom stereocenters. The van der Waals surface area contributed by atoms with Crippen LogP contribution in [0, 0.1) is 27.7 Å². The number of rotatable bonds is 9. The van der Waals surface area contributed by atoms with E-state index in [2.05, 4.69) is 80.3 Å². The molecular formula is C38H43N3O4. The first-order valence-electron chi connectivity index (χ1n) is 15.7. The molecule has 1 saturated heterocycles. The first-order valence-corrected chi connectivity index (χ1v) is 15.7. The van der Waals surface area contributed by atoms with Gasteiger partial charge in [0, 0.05) is 24.0 Å². The van der Waals surface area contributed by atoms with Crippen LogP contribution < -0.4 is 5.32 Å². The fourth-order valence-electron chi connectivity index (χ4n) is 6.29. The van der Waals surface area contributed by atoms with Crippen LogP contribution in [0.25, 0.3) is 11.0 Å². The van der Waals surface area contributed by atoms with E-state index >= 15 is 0 Å². The highest BCUT2D eigenvalue weighted by atomic mass is 16.5. The molecule has 1 fully saturated rings. The van der Waals surface area contributed by atoms with Crippen molar-refractivity contribution in [3.8, 4) is 0 Å². The number of carbonyl (C=O) groups is 1. The third-order valence-corrected chi connectivity index (χ3v) is 8.87. The summed E-state index contributed by atoms with van der Waals surface area (Å²) in [7, 11) is 0. The van der Waals surface area contributed by atoms with E-state index in [4.69, 9.17) is 13.7 Å². The quantitative estimate of drug-likeness (QED) is 0.186. The molecule has 1 aliphatic rings. The molecule has 2 aromatic heterocycles. The minimum absolute atomic E-state index is 0.0442. The molecule has 1 N–H and O–H groups in total. The predicted octanol–water partition coefficient (Wildman–Crippen LogP) is 7.69. The van der Waals surface area contributed by atoms with Crippen LogP contribution in [0.15, 0.2) is 81.7 Å². The molecule has 0 radical (unpaired) electrons. The molecule has 7 nitrogen and oxygen atoms in total. The number of aryl methyl sites for hydroxylation is 4. The van der Waals surface area contributed by atoms with Gasteiger partial charge in [-0.2, -0.15) is 0 Å². The lowest BCUT2D eigenvalue weighted by Gasteiger charge is -2.48. The SMILES string of the molecule is Cc1ccc(C(NC(=O)Cc2ccc3oc(C(OC4CN(C(C)(C)C)C4)c4c(C)noc4C)cc3c2)c2ccccc2)c(C)c1. The van der Waals surface area contributed by atoms with E-state index in [1.807, 2.05) is 56.3 Å². The van der Waals surface area contributed by atoms with Crippen LogP contribution in [0.1, 0.15) is 83.5 Å². The standard InChI is InChI=1S/C38H43N3O4/c1-23-13-15-31(24(2)17-23)36(28-11-9-8-10-12-28)39-34(42)19-27-14-16-32-29(18-27)20-33(44-32)37(35-25(3)40-45-26(35)4)43-30-21-41(22-30)38(5,6)7/h8-18,20,30,36-37H,19,21-22H2,1-7H3,(H,39,42). The van der Waals surface area contributed by atoms with Crippen molar-refractivity contribution in [2.45, 2.75) is 78.7 Å². The van der Waals surface area contributed by atoms with Crippen molar-refractivity contribution < 1.29 is 18.5 Å². The maximum Gasteiger partial charge on any atom is 0.225 e. The Labute approximate surface area is 265 Å². The van der Waals surface area contributed by atoms with Crippen LogP contribution in [0.2, 0.25) is 0 Å². The zero-order valence-corrected chi connectivity index (χ0v) is 27.3. The van der Waals surface area contributed by atoms with Gasteiger partial charge in [0.25, 0.3) is 0 Å². The first kappa shape index (κ1) is 30.8. The lowest BCUT2D eigenvalue weighted by molar-refractivity contribution is -0.120. The van der Waals surface area contributed by atoms with Crippen LogP contribution in [-0.4, -0.2) is 40.7 Å². The van der Waals surface area contributed by atoms with Gasteiger partial charge in [-0.15, -0.1) is 0 Å². The average molecular weight is 606 g/mol. The Bertz CT molecular complexity index is 1790. The predicted molar refractivity (Wildman–Crippen MR) is 176 cm³/mol. The van der Waals surface area contributed by atoms with E-state index in [9.17, 15) is 4.79 Å². The number of benzene rings is 3. The van der Waals surface area contributed by atoms with Crippen molar-refractivity contribution in [1.29, 1.82) is 0 Å². The molecule has 3 aromatic carbocycles. The van der Waals surface area contributed by atoms with Gasteiger partial charge in [-0.1, -0.05) is 65.3 Å². The van der Waals surface area contributed by atoms with Gasteiger partial charge in [0.05, 0.1) is 29.8 Å². The molecule has 3 heterocycles. The summed E-state index contributed by atoms with van der Waals surface area (Å²) in [5.41, 5.74) is 7.95. The van der Waals surface area contributed by atoms with Crippen LogP contribution in [0.5, 0.6) is 0 Å². The summed E-state index contributed by atoms with van der Waals surface area (Å²) in [6, 6.07) is 24.2. The zero-order valence-electron chi connectivity index (χ0n) is 27.3. The van der Waals surface area contributed by atoms with Crippen LogP contribution in [-0.2, 0) is 16.0 Å². The number of furan rings is 1. The Morgan fingerprint density at radius 1 is 1.00 bits per heavy atom. The maximum absolute atomic E-state index is 13.5. The summed E-state index contributed by atoms with van der Waals surface area (Å²) in [6.45, 7) is 16.4. The monoisotopic (exact) mass is 605 g/mol. The number of carbonyl (C=O) groups excluding carboxylic acids is 1. The molecule has 0 saturated carbocycles. The van der Waals surface area contributed by atoms with Gasteiger partial charge in [-0.05, 0) is 88.9 Å². The topological polar surface area (TPSA) is 80.7 Å². The van der Waals surface area contributed by atoms with Gasteiger partial charge < -0.3 is 19.0 Å². The molecule has 6 rings (SSSR count). The zero-order chi connectivity index (χ0) is 31.9. The summed E-state index contributed by atoms with van der Waals surface area (Å²) >= 11 is 0. The highest BCUT2D eigenvalue weighted by Crippen LogP contribution is 2.37. The number of likely N-dealkylation sites (tertiary alicyclic amines) is 1. The van der Waals surface area contributed by atoms with Crippen LogP contribution in [0.3, 0.4) is 0 Å². The molecule has 0 aliphatic carbocycles. The molecule has 1 aliphatic heterocycles. The molecule has 7 heteroatoms. The number of amides is 1. The number of nitrogens with zero attached hydrogens (tertiary/aromatic N) is 2. The number of aromatic nitrogens is 1. The molecule has 1 amide bonds. The third kappa shape index (κ3) is 6.60. The summed E-state index contributed by atoms with van der Waals surface area (Å²) in [5, 5.41) is 8.43. The maximum atomic E-state index is 13.5. The van der Waals surface area contributed by atoms with E-state index < -0.39 is 6.10 Å². The van der Waals surface area contributed by atoms with Gasteiger partial charge in [0.2, 0.25) is 5.91 Å². The Morgan fingerprint density at radius 3 is 2.42 bits per heavy atom. The van der Waals surface area contributed by atoms with Crippen molar-refractivity contribution in [1.82, 2.24) is 15.4 Å². The minimum Gasteiger partial charge on any atom is -0.458 e. The van der Waals surface area contributed by atoms with Crippen molar-refractivity contribution in [2.75, 3.05) is 13.1 Å². The van der Waals surface area contributed by atoms with Crippen LogP contribution >= 0.6 is 0 Å². The van der Waals surface area contributed by atoms with E-state index in [0.717, 1.165) is 63.3 Å². The van der Waals surface area contributed by atoms with Gasteiger partial charge >= 0.3 is 0 Å². The van der Waals surface area contributed by atoms with Crippen molar-refractivity contribution in [3.05, 3.63) is 123 Å². The number of nitrogens with one attached hydrogen (secondary N) is 1. The molecular weight excluding hydrogens is 562 g/mol. The van der Waals surface area contributed by atoms with Crippen molar-refractivity contribution in [3.63, 3.8) is 0 Å². The number of ether oxygens (including phenoxy) is 1. The lowest BCUT2D eigenvalue weighted by Crippen LogP contribution is -2.59. The number of hydrogen-bond donors (Lipinski definition) is 1. The molecule has 2 unspecified atom stereocenters. The van der Waals surface area contributed by atoms with E-state index in [1.54, 1.807) is 0 Å². The van der Waals surface area contributed by atoms with Gasteiger partial charge in [-0.3, -0.25) is 9.69 Å². The smallest absolute Gasteiger partial charge is 0.225 e. The highest BCUT2D eigenvalue weighted by Gasteiger charge is 2.38. The summed E-state index contributed by atoms with van der Waals surface area (Å²) in [5.74, 6) is 1.38. The third-order valence-electron chi connectivity index (χ3n) is 8.87. The molecule has 0 spiro atoms. The minimum atomic E-state index is -0.438. The first-order chi connectivity index (χ1) is 21.5. The number of fused-ring (bicyclic) bond motifs is 1. The van der Waals surface area contributed by atoms with Gasteiger partial charge in [-0.25, -0.2) is 0 Å². The van der Waals surface area contributed by atoms with Gasteiger partial charge in [0.1, 0.15) is 23.2 Å². The number of hydrogen-bond acceptors (Lipinski definition) is 6. The summed E-state index contributed by atoms with van der Waals surface area (Å²) in [6.07, 6.45) is -0.115.